The van der Waals surface area contributed by atoms with Crippen molar-refractivity contribution in [2.45, 2.75) is 10.8 Å². The fourth-order valence-corrected chi connectivity index (χ4v) is 4.31. The Hall–Kier alpha value is -0.690. The van der Waals surface area contributed by atoms with E-state index in [-0.39, 0.29) is 0 Å². The molecule has 6 heteroatoms. The van der Waals surface area contributed by atoms with E-state index in [2.05, 4.69) is 26.8 Å². The van der Waals surface area contributed by atoms with Gasteiger partial charge in [0, 0.05) is 38.1 Å². The van der Waals surface area contributed by atoms with Crippen LogP contribution in [0, 0.1) is 0 Å². The van der Waals surface area contributed by atoms with Crippen molar-refractivity contribution in [1.29, 1.82) is 0 Å². The molecule has 3 rings (SSSR count). The first kappa shape index (κ1) is 14.3. The van der Waals surface area contributed by atoms with Crippen molar-refractivity contribution in [3.05, 3.63) is 18.3 Å². The number of fused-ring (bicyclic) bond motifs is 1. The standard InChI is InChI=1S/C14H20N4S2/c1-17-7-9-18(10-8-17)6-3-11-19-14-16-12-4-2-5-15-13(12)20-14/h2,4-5H,3,6-11H2,1H3. The van der Waals surface area contributed by atoms with E-state index in [0.29, 0.717) is 0 Å². The number of aromatic nitrogens is 2. The molecule has 0 N–H and O–H groups in total. The molecule has 0 amide bonds. The van der Waals surface area contributed by atoms with Gasteiger partial charge in [-0.25, -0.2) is 9.97 Å². The first-order chi connectivity index (χ1) is 9.81. The van der Waals surface area contributed by atoms with Crippen molar-refractivity contribution >= 4 is 33.4 Å². The summed E-state index contributed by atoms with van der Waals surface area (Å²) in [6.07, 6.45) is 3.07. The van der Waals surface area contributed by atoms with Crippen LogP contribution in [0.1, 0.15) is 6.42 Å². The van der Waals surface area contributed by atoms with E-state index in [0.717, 1.165) is 20.4 Å². The maximum atomic E-state index is 4.61. The van der Waals surface area contributed by atoms with Gasteiger partial charge in [0.1, 0.15) is 10.3 Å². The zero-order chi connectivity index (χ0) is 13.8. The van der Waals surface area contributed by atoms with Crippen molar-refractivity contribution < 1.29 is 0 Å². The van der Waals surface area contributed by atoms with Gasteiger partial charge in [-0.15, -0.1) is 0 Å². The maximum absolute atomic E-state index is 4.61. The summed E-state index contributed by atoms with van der Waals surface area (Å²) in [6, 6.07) is 3.98. The van der Waals surface area contributed by atoms with E-state index < -0.39 is 0 Å². The smallest absolute Gasteiger partial charge is 0.152 e. The second-order valence-corrected chi connectivity index (χ2v) is 7.47. The number of rotatable bonds is 5. The van der Waals surface area contributed by atoms with Gasteiger partial charge in [0.2, 0.25) is 0 Å². The van der Waals surface area contributed by atoms with Crippen molar-refractivity contribution in [2.75, 3.05) is 45.5 Å². The molecule has 0 spiro atoms. The largest absolute Gasteiger partial charge is 0.304 e. The van der Waals surface area contributed by atoms with Crippen LogP contribution in [0.3, 0.4) is 0 Å². The lowest BCUT2D eigenvalue weighted by molar-refractivity contribution is 0.154. The van der Waals surface area contributed by atoms with Crippen LogP contribution in [0.2, 0.25) is 0 Å². The van der Waals surface area contributed by atoms with Gasteiger partial charge in [-0.2, -0.15) is 0 Å². The van der Waals surface area contributed by atoms with Gasteiger partial charge in [-0.05, 0) is 32.1 Å². The summed E-state index contributed by atoms with van der Waals surface area (Å²) >= 11 is 3.57. The minimum Gasteiger partial charge on any atom is -0.304 e. The highest BCUT2D eigenvalue weighted by molar-refractivity contribution is 8.01. The van der Waals surface area contributed by atoms with Gasteiger partial charge in [0.15, 0.2) is 4.34 Å². The van der Waals surface area contributed by atoms with Gasteiger partial charge < -0.3 is 9.80 Å². The molecule has 0 radical (unpaired) electrons. The lowest BCUT2D eigenvalue weighted by Crippen LogP contribution is -2.44. The minimum atomic E-state index is 1.03. The second-order valence-electron chi connectivity index (χ2n) is 5.15. The Labute approximate surface area is 128 Å². The molecule has 0 bridgehead atoms. The van der Waals surface area contributed by atoms with Crippen LogP contribution >= 0.6 is 23.1 Å². The fraction of sp³-hybridized carbons (Fsp3) is 0.571. The Balaban J connectivity index is 1.41. The average Bonchev–Trinajstić information content (AvgIpc) is 2.88. The molecule has 0 atom stereocenters. The van der Waals surface area contributed by atoms with Gasteiger partial charge in [-0.3, -0.25) is 0 Å². The maximum Gasteiger partial charge on any atom is 0.152 e. The third-order valence-corrected chi connectivity index (χ3v) is 5.80. The molecule has 1 aliphatic heterocycles. The fourth-order valence-electron chi connectivity index (χ4n) is 2.33. The SMILES string of the molecule is CN1CCN(CCCSc2nc3cccnc3s2)CC1. The molecule has 4 nitrogen and oxygen atoms in total. The van der Waals surface area contributed by atoms with Crippen molar-refractivity contribution in [2.24, 2.45) is 0 Å². The molecule has 108 valence electrons. The van der Waals surface area contributed by atoms with Gasteiger partial charge in [0.25, 0.3) is 0 Å². The summed E-state index contributed by atoms with van der Waals surface area (Å²) in [5.74, 6) is 1.15. The number of thioether (sulfide) groups is 1. The van der Waals surface area contributed by atoms with Crippen molar-refractivity contribution in [3.63, 3.8) is 0 Å². The third kappa shape index (κ3) is 3.69. The molecular formula is C14H20N4S2. The van der Waals surface area contributed by atoms with Crippen LogP contribution in [0.25, 0.3) is 10.3 Å². The number of hydrogen-bond donors (Lipinski definition) is 0. The Bertz CT molecular complexity index is 516. The van der Waals surface area contributed by atoms with Crippen LogP contribution in [0.15, 0.2) is 22.7 Å². The van der Waals surface area contributed by atoms with E-state index in [1.165, 1.54) is 39.1 Å². The lowest BCUT2D eigenvalue weighted by Gasteiger charge is -2.32. The Morgan fingerprint density at radius 2 is 2.15 bits per heavy atom. The first-order valence-electron chi connectivity index (χ1n) is 7.06. The highest BCUT2D eigenvalue weighted by Crippen LogP contribution is 2.28. The Morgan fingerprint density at radius 3 is 2.95 bits per heavy atom. The summed E-state index contributed by atoms with van der Waals surface area (Å²) in [7, 11) is 2.20. The molecule has 0 aliphatic carbocycles. The normalized spacial score (nSPS) is 17.9. The topological polar surface area (TPSA) is 32.3 Å². The molecule has 1 fully saturated rings. The van der Waals surface area contributed by atoms with Gasteiger partial charge in [-0.1, -0.05) is 23.1 Å². The summed E-state index contributed by atoms with van der Waals surface area (Å²) in [6.45, 7) is 6.05. The molecule has 0 aromatic carbocycles. The summed E-state index contributed by atoms with van der Waals surface area (Å²) in [5.41, 5.74) is 1.03. The third-order valence-electron chi connectivity index (χ3n) is 3.59. The Morgan fingerprint density at radius 1 is 1.30 bits per heavy atom. The van der Waals surface area contributed by atoms with Crippen molar-refractivity contribution in [3.8, 4) is 0 Å². The second kappa shape index (κ2) is 6.85. The van der Waals surface area contributed by atoms with Gasteiger partial charge in [0.05, 0.1) is 0 Å². The van der Waals surface area contributed by atoms with E-state index in [1.807, 2.05) is 30.1 Å². The highest BCUT2D eigenvalue weighted by atomic mass is 32.2. The van der Waals surface area contributed by atoms with Crippen LogP contribution in [-0.4, -0.2) is 65.3 Å². The summed E-state index contributed by atoms with van der Waals surface area (Å²) < 4.78 is 1.15. The molecule has 1 saturated heterocycles. The van der Waals surface area contributed by atoms with Crippen LogP contribution in [-0.2, 0) is 0 Å². The molecular weight excluding hydrogens is 288 g/mol. The number of piperazine rings is 1. The summed E-state index contributed by atoms with van der Waals surface area (Å²) in [4.78, 5) is 15.0. The predicted molar refractivity (Wildman–Crippen MR) is 86.7 cm³/mol. The van der Waals surface area contributed by atoms with E-state index >= 15 is 0 Å². The highest BCUT2D eigenvalue weighted by Gasteiger charge is 2.13. The van der Waals surface area contributed by atoms with E-state index in [9.17, 15) is 0 Å². The lowest BCUT2D eigenvalue weighted by atomic mass is 10.3. The quantitative estimate of drug-likeness (QED) is 0.626. The number of pyridine rings is 1. The van der Waals surface area contributed by atoms with Crippen LogP contribution in [0.4, 0.5) is 0 Å². The number of nitrogens with zero attached hydrogens (tertiary/aromatic N) is 4. The molecule has 3 heterocycles. The number of hydrogen-bond acceptors (Lipinski definition) is 6. The molecule has 1 aliphatic rings. The molecule has 2 aromatic rings. The van der Waals surface area contributed by atoms with Crippen LogP contribution < -0.4 is 0 Å². The Kier molecular flexibility index (Phi) is 4.88. The molecule has 0 saturated carbocycles. The number of thiazole rings is 1. The van der Waals surface area contributed by atoms with Gasteiger partial charge >= 0.3 is 0 Å². The first-order valence-corrected chi connectivity index (χ1v) is 8.87. The van der Waals surface area contributed by atoms with Crippen LogP contribution in [0.5, 0.6) is 0 Å². The average molecular weight is 308 g/mol. The monoisotopic (exact) mass is 308 g/mol. The molecule has 20 heavy (non-hydrogen) atoms. The zero-order valence-electron chi connectivity index (χ0n) is 11.8. The zero-order valence-corrected chi connectivity index (χ0v) is 13.4. The number of likely N-dealkylation sites (N-methyl/N-ethyl adjacent to an activating group) is 1. The molecule has 2 aromatic heterocycles. The van der Waals surface area contributed by atoms with Crippen molar-refractivity contribution in [1.82, 2.24) is 19.8 Å². The van der Waals surface area contributed by atoms with E-state index in [4.69, 9.17) is 0 Å². The van der Waals surface area contributed by atoms with E-state index in [1.54, 1.807) is 11.3 Å². The molecule has 0 unspecified atom stereocenters. The minimum absolute atomic E-state index is 1.03. The predicted octanol–water partition coefficient (Wildman–Crippen LogP) is 2.42. The summed E-state index contributed by atoms with van der Waals surface area (Å²) in [5, 5.41) is 0.